The first-order valence-electron chi connectivity index (χ1n) is 9.38. The molecule has 1 heterocycles. The first-order chi connectivity index (χ1) is 14.2. The lowest BCUT2D eigenvalue weighted by atomic mass is 9.97. The highest BCUT2D eigenvalue weighted by molar-refractivity contribution is 8.01. The molecule has 5 nitrogen and oxygen atoms in total. The third-order valence-electron chi connectivity index (χ3n) is 4.23. The normalized spacial score (nSPS) is 13.0. The minimum Gasteiger partial charge on any atom is -0.390 e. The van der Waals surface area contributed by atoms with Crippen LogP contribution in [0.1, 0.15) is 22.8 Å². The van der Waals surface area contributed by atoms with E-state index in [0.29, 0.717) is 12.3 Å². The van der Waals surface area contributed by atoms with Crippen molar-refractivity contribution >= 4 is 28.2 Å². The van der Waals surface area contributed by atoms with E-state index in [1.165, 1.54) is 28.7 Å². The number of aliphatic hydroxyl groups is 1. The van der Waals surface area contributed by atoms with Gasteiger partial charge in [0.1, 0.15) is 6.10 Å². The predicted molar refractivity (Wildman–Crippen MR) is 121 cm³/mol. The van der Waals surface area contributed by atoms with Crippen LogP contribution in [0.4, 0.5) is 5.13 Å². The fourth-order valence-corrected chi connectivity index (χ4v) is 4.49. The van der Waals surface area contributed by atoms with Crippen LogP contribution in [-0.2, 0) is 4.74 Å². The maximum atomic E-state index is 10.5. The van der Waals surface area contributed by atoms with Crippen molar-refractivity contribution in [2.75, 3.05) is 24.2 Å². The third kappa shape index (κ3) is 6.40. The molecule has 3 aromatic rings. The lowest BCUT2D eigenvalue weighted by molar-refractivity contribution is 0.0153. The summed E-state index contributed by atoms with van der Waals surface area (Å²) in [4.78, 5) is 0. The van der Waals surface area contributed by atoms with E-state index in [1.807, 2.05) is 30.3 Å². The topological polar surface area (TPSA) is 67.3 Å². The van der Waals surface area contributed by atoms with E-state index in [9.17, 15) is 5.11 Å². The van der Waals surface area contributed by atoms with Gasteiger partial charge in [-0.3, -0.25) is 0 Å². The van der Waals surface area contributed by atoms with Gasteiger partial charge in [-0.1, -0.05) is 83.8 Å². The maximum Gasteiger partial charge on any atom is 0.206 e. The summed E-state index contributed by atoms with van der Waals surface area (Å²) in [7, 11) is 0. The second-order valence-electron chi connectivity index (χ2n) is 6.49. The predicted octanol–water partition coefficient (Wildman–Crippen LogP) is 4.70. The van der Waals surface area contributed by atoms with Crippen molar-refractivity contribution in [3.8, 4) is 0 Å². The summed E-state index contributed by atoms with van der Waals surface area (Å²) in [6.45, 7) is 6.63. The molecule has 0 saturated carbocycles. The van der Waals surface area contributed by atoms with E-state index < -0.39 is 6.10 Å². The van der Waals surface area contributed by atoms with Crippen LogP contribution in [-0.4, -0.2) is 40.3 Å². The fraction of sp³-hybridized carbons (Fsp3) is 0.273. The molecule has 3 rings (SSSR count). The Labute approximate surface area is 179 Å². The number of anilines is 1. The van der Waals surface area contributed by atoms with E-state index in [-0.39, 0.29) is 12.7 Å². The van der Waals surface area contributed by atoms with Gasteiger partial charge in [-0.2, -0.15) is 0 Å². The quantitative estimate of drug-likeness (QED) is 0.341. The number of benzene rings is 2. The van der Waals surface area contributed by atoms with Gasteiger partial charge >= 0.3 is 0 Å². The highest BCUT2D eigenvalue weighted by Gasteiger charge is 2.19. The molecule has 2 aromatic carbocycles. The molecule has 0 aliphatic heterocycles. The van der Waals surface area contributed by atoms with E-state index in [0.717, 1.165) is 20.6 Å². The van der Waals surface area contributed by atoms with E-state index in [1.54, 1.807) is 6.08 Å². The van der Waals surface area contributed by atoms with Gasteiger partial charge in [0.2, 0.25) is 5.13 Å². The number of ether oxygens (including phenoxy) is 1. The molecular formula is C22H25N3O2S2. The van der Waals surface area contributed by atoms with Gasteiger partial charge in [-0.05, 0) is 23.6 Å². The van der Waals surface area contributed by atoms with Gasteiger partial charge < -0.3 is 15.2 Å². The monoisotopic (exact) mass is 427 g/mol. The maximum absolute atomic E-state index is 10.5. The average molecular weight is 428 g/mol. The van der Waals surface area contributed by atoms with Gasteiger partial charge in [0.25, 0.3) is 0 Å². The molecule has 0 saturated heterocycles. The van der Waals surface area contributed by atoms with Crippen LogP contribution >= 0.6 is 23.1 Å². The molecule has 152 valence electrons. The number of hydrogen-bond acceptors (Lipinski definition) is 7. The van der Waals surface area contributed by atoms with Gasteiger partial charge in [0.15, 0.2) is 4.34 Å². The lowest BCUT2D eigenvalue weighted by Gasteiger charge is -2.22. The minimum atomic E-state index is -0.608. The van der Waals surface area contributed by atoms with E-state index in [4.69, 9.17) is 4.74 Å². The number of aromatic nitrogens is 2. The van der Waals surface area contributed by atoms with E-state index >= 15 is 0 Å². The summed E-state index contributed by atoms with van der Waals surface area (Å²) >= 11 is 2.94. The Morgan fingerprint density at radius 1 is 1.17 bits per heavy atom. The zero-order valence-corrected chi connectivity index (χ0v) is 18.0. The molecule has 7 heteroatoms. The summed E-state index contributed by atoms with van der Waals surface area (Å²) in [6.07, 6.45) is 0.949. The van der Waals surface area contributed by atoms with Gasteiger partial charge in [0.05, 0.1) is 12.7 Å². The summed E-state index contributed by atoms with van der Waals surface area (Å²) in [5, 5.41) is 22.5. The molecule has 0 amide bonds. The number of aryl methyl sites for hydroxylation is 1. The fourth-order valence-electron chi connectivity index (χ4n) is 2.80. The van der Waals surface area contributed by atoms with E-state index in [2.05, 4.69) is 53.3 Å². The van der Waals surface area contributed by atoms with Crippen molar-refractivity contribution in [2.24, 2.45) is 0 Å². The Bertz CT molecular complexity index is 902. The summed E-state index contributed by atoms with van der Waals surface area (Å²) < 4.78 is 7.00. The molecule has 2 N–H and O–H groups in total. The second kappa shape index (κ2) is 11.1. The lowest BCUT2D eigenvalue weighted by Crippen LogP contribution is -2.21. The number of nitrogens with one attached hydrogen (secondary N) is 1. The largest absolute Gasteiger partial charge is 0.390 e. The standard InChI is InChI=1S/C22H25N3O2S2/c1-3-13-23-21-24-25-22(29-21)28-15-18(26)14-27-20(17-10-5-4-6-11-17)19-12-8-7-9-16(19)2/h3-12,18,20,26H,1,13-15H2,2H3,(H,23,24)/t18-,20-/m1/s1. The van der Waals surface area contributed by atoms with Crippen molar-refractivity contribution in [3.05, 3.63) is 83.9 Å². The number of nitrogens with zero attached hydrogens (tertiary/aromatic N) is 2. The number of thioether (sulfide) groups is 1. The van der Waals surface area contributed by atoms with Crippen molar-refractivity contribution in [3.63, 3.8) is 0 Å². The first kappa shape index (κ1) is 21.5. The van der Waals surface area contributed by atoms with Crippen LogP contribution in [0.15, 0.2) is 71.6 Å². The Morgan fingerprint density at radius 3 is 2.69 bits per heavy atom. The summed E-state index contributed by atoms with van der Waals surface area (Å²) in [5.74, 6) is 0.491. The van der Waals surface area contributed by atoms with Crippen LogP contribution in [0.25, 0.3) is 0 Å². The Kier molecular flexibility index (Phi) is 8.25. The second-order valence-corrected chi connectivity index (χ2v) is 8.73. The molecule has 0 spiro atoms. The highest BCUT2D eigenvalue weighted by Crippen LogP contribution is 2.29. The Hall–Kier alpha value is -2.19. The third-order valence-corrected chi connectivity index (χ3v) is 6.39. The van der Waals surface area contributed by atoms with Crippen LogP contribution in [0.5, 0.6) is 0 Å². The molecule has 0 aliphatic rings. The molecular weight excluding hydrogens is 402 g/mol. The van der Waals surface area contributed by atoms with Crippen LogP contribution < -0.4 is 5.32 Å². The minimum absolute atomic E-state index is 0.215. The smallest absolute Gasteiger partial charge is 0.206 e. The van der Waals surface area contributed by atoms with Crippen LogP contribution in [0, 0.1) is 6.92 Å². The molecule has 0 unspecified atom stereocenters. The molecule has 0 fully saturated rings. The van der Waals surface area contributed by atoms with Crippen molar-refractivity contribution in [1.29, 1.82) is 0 Å². The van der Waals surface area contributed by atoms with Crippen molar-refractivity contribution < 1.29 is 9.84 Å². The molecule has 0 aliphatic carbocycles. The Morgan fingerprint density at radius 2 is 1.93 bits per heavy atom. The van der Waals surface area contributed by atoms with Crippen molar-refractivity contribution in [1.82, 2.24) is 10.2 Å². The molecule has 29 heavy (non-hydrogen) atoms. The van der Waals surface area contributed by atoms with Gasteiger partial charge in [-0.25, -0.2) is 0 Å². The summed E-state index contributed by atoms with van der Waals surface area (Å²) in [5.41, 5.74) is 3.35. The molecule has 0 radical (unpaired) electrons. The Balaban J connectivity index is 1.58. The SMILES string of the molecule is C=CCNc1nnc(SC[C@H](O)CO[C@H](c2ccccc2)c2ccccc2C)s1. The zero-order chi connectivity index (χ0) is 20.5. The zero-order valence-electron chi connectivity index (χ0n) is 16.3. The van der Waals surface area contributed by atoms with Gasteiger partial charge in [-0.15, -0.1) is 16.8 Å². The molecule has 2 atom stereocenters. The van der Waals surface area contributed by atoms with Crippen molar-refractivity contribution in [2.45, 2.75) is 23.5 Å². The number of aliphatic hydroxyl groups excluding tert-OH is 1. The highest BCUT2D eigenvalue weighted by atomic mass is 32.2. The molecule has 1 aromatic heterocycles. The number of hydrogen-bond donors (Lipinski definition) is 2. The van der Waals surface area contributed by atoms with Crippen LogP contribution in [0.2, 0.25) is 0 Å². The number of rotatable bonds is 11. The first-order valence-corrected chi connectivity index (χ1v) is 11.2. The summed E-state index contributed by atoms with van der Waals surface area (Å²) in [6, 6.07) is 18.3. The van der Waals surface area contributed by atoms with Gasteiger partial charge in [0, 0.05) is 12.3 Å². The average Bonchev–Trinajstić information content (AvgIpc) is 3.21. The molecule has 0 bridgehead atoms. The van der Waals surface area contributed by atoms with Crippen LogP contribution in [0.3, 0.4) is 0 Å².